The van der Waals surface area contributed by atoms with Crippen molar-refractivity contribution < 1.29 is 4.79 Å². The van der Waals surface area contributed by atoms with Crippen molar-refractivity contribution in [3.05, 3.63) is 11.4 Å². The van der Waals surface area contributed by atoms with Gasteiger partial charge in [-0.25, -0.2) is 0 Å². The number of unbranched alkanes of at least 4 members (excludes halogenated alkanes) is 1. The lowest BCUT2D eigenvalue weighted by molar-refractivity contribution is 0.0783. The minimum atomic E-state index is -0.0503. The number of aromatic nitrogens is 2. The molecular weight excluding hydrogens is 216 g/mol. The minimum Gasteiger partial charge on any atom is -0.395 e. The summed E-state index contributed by atoms with van der Waals surface area (Å²) in [5.74, 6) is -0.0503. The van der Waals surface area contributed by atoms with Crippen LogP contribution in [0.3, 0.4) is 0 Å². The van der Waals surface area contributed by atoms with E-state index in [9.17, 15) is 4.79 Å². The Morgan fingerprint density at radius 3 is 2.59 bits per heavy atom. The normalized spacial score (nSPS) is 10.6. The number of nitrogens with two attached hydrogens (primary N) is 1. The quantitative estimate of drug-likeness (QED) is 0.844. The molecule has 96 valence electrons. The van der Waals surface area contributed by atoms with Gasteiger partial charge in [0.2, 0.25) is 0 Å². The average Bonchev–Trinajstić information content (AvgIpc) is 2.60. The molecule has 1 heterocycles. The van der Waals surface area contributed by atoms with Gasteiger partial charge in [0.25, 0.3) is 5.91 Å². The van der Waals surface area contributed by atoms with Gasteiger partial charge in [0, 0.05) is 20.6 Å². The first-order chi connectivity index (χ1) is 8.02. The topological polar surface area (TPSA) is 64.2 Å². The second-order valence-electron chi connectivity index (χ2n) is 4.27. The SMILES string of the molecule is CCCCN(C)C(=O)c1c(N)c(CC)nn1C. The van der Waals surface area contributed by atoms with E-state index in [1.165, 1.54) is 0 Å². The third-order valence-electron chi connectivity index (χ3n) is 2.89. The van der Waals surface area contributed by atoms with Crippen molar-refractivity contribution >= 4 is 11.6 Å². The van der Waals surface area contributed by atoms with Crippen LogP contribution in [-0.4, -0.2) is 34.2 Å². The molecule has 0 aliphatic heterocycles. The molecule has 5 heteroatoms. The van der Waals surface area contributed by atoms with Gasteiger partial charge in [-0.1, -0.05) is 20.3 Å². The predicted molar refractivity (Wildman–Crippen MR) is 68.9 cm³/mol. The lowest BCUT2D eigenvalue weighted by Gasteiger charge is -2.17. The third kappa shape index (κ3) is 2.78. The molecule has 2 N–H and O–H groups in total. The fourth-order valence-electron chi connectivity index (χ4n) is 1.79. The van der Waals surface area contributed by atoms with Gasteiger partial charge in [-0.05, 0) is 12.8 Å². The van der Waals surface area contributed by atoms with E-state index in [4.69, 9.17) is 5.73 Å². The number of hydrogen-bond acceptors (Lipinski definition) is 3. The van der Waals surface area contributed by atoms with Crippen molar-refractivity contribution in [2.75, 3.05) is 19.3 Å². The molecule has 0 saturated carbocycles. The number of nitrogen functional groups attached to an aromatic ring is 1. The van der Waals surface area contributed by atoms with Crippen LogP contribution in [0.25, 0.3) is 0 Å². The molecule has 0 radical (unpaired) electrons. The second-order valence-corrected chi connectivity index (χ2v) is 4.27. The predicted octanol–water partition coefficient (Wildman–Crippen LogP) is 1.44. The van der Waals surface area contributed by atoms with Crippen molar-refractivity contribution in [1.29, 1.82) is 0 Å². The molecule has 1 rings (SSSR count). The van der Waals surface area contributed by atoms with E-state index < -0.39 is 0 Å². The Labute approximate surface area is 103 Å². The molecule has 0 saturated heterocycles. The lowest BCUT2D eigenvalue weighted by atomic mass is 10.2. The Bertz CT molecular complexity index is 397. The zero-order chi connectivity index (χ0) is 13.0. The van der Waals surface area contributed by atoms with Crippen LogP contribution >= 0.6 is 0 Å². The smallest absolute Gasteiger partial charge is 0.274 e. The van der Waals surface area contributed by atoms with Crippen LogP contribution in [0, 0.1) is 0 Å². The van der Waals surface area contributed by atoms with Gasteiger partial charge >= 0.3 is 0 Å². The first-order valence-electron chi connectivity index (χ1n) is 6.09. The van der Waals surface area contributed by atoms with Crippen molar-refractivity contribution in [3.63, 3.8) is 0 Å². The monoisotopic (exact) mass is 238 g/mol. The molecule has 0 spiro atoms. The molecule has 0 aliphatic carbocycles. The summed E-state index contributed by atoms with van der Waals surface area (Å²) in [4.78, 5) is 13.9. The van der Waals surface area contributed by atoms with Gasteiger partial charge in [-0.2, -0.15) is 5.10 Å². The summed E-state index contributed by atoms with van der Waals surface area (Å²) in [5.41, 5.74) is 7.76. The second kappa shape index (κ2) is 5.70. The van der Waals surface area contributed by atoms with Crippen LogP contribution in [0.2, 0.25) is 0 Å². The number of anilines is 1. The molecular formula is C12H22N4O. The molecule has 17 heavy (non-hydrogen) atoms. The number of amides is 1. The Balaban J connectivity index is 2.92. The number of carbonyl (C=O) groups is 1. The average molecular weight is 238 g/mol. The highest BCUT2D eigenvalue weighted by atomic mass is 16.2. The van der Waals surface area contributed by atoms with Crippen molar-refractivity contribution in [2.24, 2.45) is 7.05 Å². The van der Waals surface area contributed by atoms with E-state index in [-0.39, 0.29) is 5.91 Å². The van der Waals surface area contributed by atoms with Gasteiger partial charge in [-0.15, -0.1) is 0 Å². The molecule has 0 unspecified atom stereocenters. The van der Waals surface area contributed by atoms with E-state index in [2.05, 4.69) is 12.0 Å². The van der Waals surface area contributed by atoms with Gasteiger partial charge in [0.15, 0.2) is 0 Å². The fourth-order valence-corrected chi connectivity index (χ4v) is 1.79. The first-order valence-corrected chi connectivity index (χ1v) is 6.09. The van der Waals surface area contributed by atoms with E-state index in [0.29, 0.717) is 11.4 Å². The van der Waals surface area contributed by atoms with E-state index in [1.54, 1.807) is 23.7 Å². The van der Waals surface area contributed by atoms with Crippen LogP contribution < -0.4 is 5.73 Å². The van der Waals surface area contributed by atoms with Crippen LogP contribution in [0.5, 0.6) is 0 Å². The van der Waals surface area contributed by atoms with E-state index in [0.717, 1.165) is 31.5 Å². The summed E-state index contributed by atoms with van der Waals surface area (Å²) < 4.78 is 1.58. The fraction of sp³-hybridized carbons (Fsp3) is 0.667. The molecule has 1 aromatic heterocycles. The maximum absolute atomic E-state index is 12.2. The summed E-state index contributed by atoms with van der Waals surface area (Å²) in [6.45, 7) is 4.83. The summed E-state index contributed by atoms with van der Waals surface area (Å²) in [6, 6.07) is 0. The number of carbonyl (C=O) groups excluding carboxylic acids is 1. The maximum Gasteiger partial charge on any atom is 0.274 e. The van der Waals surface area contributed by atoms with E-state index >= 15 is 0 Å². The molecule has 0 bridgehead atoms. The molecule has 0 aliphatic rings. The highest BCUT2D eigenvalue weighted by Crippen LogP contribution is 2.18. The van der Waals surface area contributed by atoms with Crippen LogP contribution in [0.4, 0.5) is 5.69 Å². The lowest BCUT2D eigenvalue weighted by Crippen LogP contribution is -2.30. The highest BCUT2D eigenvalue weighted by molar-refractivity contribution is 5.97. The molecule has 1 aromatic rings. The summed E-state index contributed by atoms with van der Waals surface area (Å²) in [6.07, 6.45) is 2.81. The minimum absolute atomic E-state index is 0.0503. The zero-order valence-corrected chi connectivity index (χ0v) is 11.2. The van der Waals surface area contributed by atoms with Gasteiger partial charge in [-0.3, -0.25) is 9.48 Å². The summed E-state index contributed by atoms with van der Waals surface area (Å²) >= 11 is 0. The van der Waals surface area contributed by atoms with Crippen LogP contribution in [-0.2, 0) is 13.5 Å². The Morgan fingerprint density at radius 2 is 2.12 bits per heavy atom. The first kappa shape index (κ1) is 13.5. The standard InChI is InChI=1S/C12H22N4O/c1-5-7-8-15(3)12(17)11-10(13)9(6-2)14-16(11)4/h5-8,13H2,1-4H3. The highest BCUT2D eigenvalue weighted by Gasteiger charge is 2.21. The van der Waals surface area contributed by atoms with Crippen LogP contribution in [0.1, 0.15) is 42.9 Å². The molecule has 5 nitrogen and oxygen atoms in total. The van der Waals surface area contributed by atoms with Gasteiger partial charge in [0.05, 0.1) is 11.4 Å². The Hall–Kier alpha value is -1.52. The summed E-state index contributed by atoms with van der Waals surface area (Å²) in [5, 5.41) is 4.26. The molecule has 0 aromatic carbocycles. The van der Waals surface area contributed by atoms with Crippen molar-refractivity contribution in [1.82, 2.24) is 14.7 Å². The van der Waals surface area contributed by atoms with E-state index in [1.807, 2.05) is 6.92 Å². The maximum atomic E-state index is 12.2. The number of rotatable bonds is 5. The number of hydrogen-bond donors (Lipinski definition) is 1. The Kier molecular flexibility index (Phi) is 4.54. The van der Waals surface area contributed by atoms with Crippen molar-refractivity contribution in [2.45, 2.75) is 33.1 Å². The largest absolute Gasteiger partial charge is 0.395 e. The molecule has 1 amide bonds. The third-order valence-corrected chi connectivity index (χ3v) is 2.89. The summed E-state index contributed by atoms with van der Waals surface area (Å²) in [7, 11) is 3.56. The van der Waals surface area contributed by atoms with Crippen molar-refractivity contribution in [3.8, 4) is 0 Å². The number of aryl methyl sites for hydroxylation is 2. The molecule has 0 fully saturated rings. The van der Waals surface area contributed by atoms with Crippen LogP contribution in [0.15, 0.2) is 0 Å². The number of nitrogens with zero attached hydrogens (tertiary/aromatic N) is 3. The van der Waals surface area contributed by atoms with Gasteiger partial charge < -0.3 is 10.6 Å². The Morgan fingerprint density at radius 1 is 1.47 bits per heavy atom. The van der Waals surface area contributed by atoms with Gasteiger partial charge in [0.1, 0.15) is 5.69 Å². The molecule has 0 atom stereocenters. The zero-order valence-electron chi connectivity index (χ0n) is 11.2.